The molecule has 1 aliphatic rings. The van der Waals surface area contributed by atoms with Crippen LogP contribution in [0.5, 0.6) is 0 Å². The second-order valence-electron chi connectivity index (χ2n) is 4.86. The molecule has 0 spiro atoms. The van der Waals surface area contributed by atoms with Gasteiger partial charge in [-0.1, -0.05) is 37.1 Å². The van der Waals surface area contributed by atoms with E-state index in [9.17, 15) is 0 Å². The predicted octanol–water partition coefficient (Wildman–Crippen LogP) is 1.99. The Balaban J connectivity index is 2.19. The number of hydrogen-bond donors (Lipinski definition) is 2. The number of aliphatic hydroxyl groups excluding tert-OH is 1. The normalized spacial score (nSPS) is 18.9. The van der Waals surface area contributed by atoms with Crippen LogP contribution in [0.2, 0.25) is 0 Å². The molecular formula is C14H21NO. The average Bonchev–Trinajstić information content (AvgIpc) is 2.80. The van der Waals surface area contributed by atoms with Crippen LogP contribution >= 0.6 is 0 Å². The highest BCUT2D eigenvalue weighted by molar-refractivity contribution is 5.30. The number of aliphatic hydroxyl groups is 1. The molecule has 0 radical (unpaired) electrons. The lowest BCUT2D eigenvalue weighted by Crippen LogP contribution is -2.31. The second kappa shape index (κ2) is 4.98. The SMILES string of the molecule is NCC1(c2ccc(CCO)cc2)CCCC1. The minimum Gasteiger partial charge on any atom is -0.396 e. The van der Waals surface area contributed by atoms with Gasteiger partial charge in [-0.05, 0) is 30.4 Å². The van der Waals surface area contributed by atoms with Crippen molar-refractivity contribution < 1.29 is 5.11 Å². The Kier molecular flexibility index (Phi) is 3.62. The van der Waals surface area contributed by atoms with Crippen molar-refractivity contribution in [3.05, 3.63) is 35.4 Å². The zero-order valence-corrected chi connectivity index (χ0v) is 9.78. The Labute approximate surface area is 97.5 Å². The van der Waals surface area contributed by atoms with E-state index in [4.69, 9.17) is 10.8 Å². The van der Waals surface area contributed by atoms with Crippen molar-refractivity contribution in [2.45, 2.75) is 37.5 Å². The monoisotopic (exact) mass is 219 g/mol. The van der Waals surface area contributed by atoms with E-state index in [1.165, 1.54) is 36.8 Å². The van der Waals surface area contributed by atoms with Gasteiger partial charge < -0.3 is 10.8 Å². The van der Waals surface area contributed by atoms with Crippen LogP contribution in [0.1, 0.15) is 36.8 Å². The zero-order chi connectivity index (χ0) is 11.4. The quantitative estimate of drug-likeness (QED) is 0.813. The molecule has 1 aromatic rings. The van der Waals surface area contributed by atoms with E-state index in [0.717, 1.165) is 13.0 Å². The van der Waals surface area contributed by atoms with Crippen LogP contribution in [0, 0.1) is 0 Å². The molecule has 0 atom stereocenters. The van der Waals surface area contributed by atoms with Crippen LogP contribution < -0.4 is 5.73 Å². The predicted molar refractivity (Wildman–Crippen MR) is 66.4 cm³/mol. The van der Waals surface area contributed by atoms with E-state index >= 15 is 0 Å². The molecule has 3 N–H and O–H groups in total. The molecule has 0 heterocycles. The van der Waals surface area contributed by atoms with E-state index in [2.05, 4.69) is 24.3 Å². The van der Waals surface area contributed by atoms with Crippen molar-refractivity contribution in [1.29, 1.82) is 0 Å². The molecule has 1 fully saturated rings. The average molecular weight is 219 g/mol. The van der Waals surface area contributed by atoms with Crippen molar-refractivity contribution in [2.75, 3.05) is 13.2 Å². The minimum absolute atomic E-state index is 0.224. The van der Waals surface area contributed by atoms with E-state index in [0.29, 0.717) is 0 Å². The van der Waals surface area contributed by atoms with Gasteiger partial charge in [-0.3, -0.25) is 0 Å². The minimum atomic E-state index is 0.224. The summed E-state index contributed by atoms with van der Waals surface area (Å²) >= 11 is 0. The van der Waals surface area contributed by atoms with Gasteiger partial charge in [0.1, 0.15) is 0 Å². The Bertz CT molecular complexity index is 325. The van der Waals surface area contributed by atoms with Crippen LogP contribution in [0.4, 0.5) is 0 Å². The summed E-state index contributed by atoms with van der Waals surface area (Å²) in [5.41, 5.74) is 8.78. The maximum absolute atomic E-state index is 8.88. The first kappa shape index (κ1) is 11.6. The fraction of sp³-hybridized carbons (Fsp3) is 0.571. The van der Waals surface area contributed by atoms with Crippen LogP contribution in [-0.2, 0) is 11.8 Å². The summed E-state index contributed by atoms with van der Waals surface area (Å²) in [6, 6.07) is 8.65. The van der Waals surface area contributed by atoms with Crippen molar-refractivity contribution >= 4 is 0 Å². The largest absolute Gasteiger partial charge is 0.396 e. The molecule has 0 aliphatic heterocycles. The summed E-state index contributed by atoms with van der Waals surface area (Å²) in [7, 11) is 0. The molecule has 0 saturated heterocycles. The molecule has 1 aromatic carbocycles. The van der Waals surface area contributed by atoms with Gasteiger partial charge >= 0.3 is 0 Å². The molecule has 0 bridgehead atoms. The molecule has 1 saturated carbocycles. The second-order valence-corrected chi connectivity index (χ2v) is 4.86. The molecule has 2 nitrogen and oxygen atoms in total. The smallest absolute Gasteiger partial charge is 0.0471 e. The molecule has 0 amide bonds. The van der Waals surface area contributed by atoms with Gasteiger partial charge in [0.05, 0.1) is 0 Å². The fourth-order valence-corrected chi connectivity index (χ4v) is 2.82. The first-order chi connectivity index (χ1) is 7.80. The number of rotatable bonds is 4. The van der Waals surface area contributed by atoms with Crippen molar-refractivity contribution in [2.24, 2.45) is 5.73 Å². The lowest BCUT2D eigenvalue weighted by atomic mass is 9.79. The van der Waals surface area contributed by atoms with E-state index in [-0.39, 0.29) is 12.0 Å². The van der Waals surface area contributed by atoms with Crippen molar-refractivity contribution in [3.8, 4) is 0 Å². The third-order valence-electron chi connectivity index (χ3n) is 3.92. The Morgan fingerprint density at radius 2 is 1.75 bits per heavy atom. The zero-order valence-electron chi connectivity index (χ0n) is 9.78. The highest BCUT2D eigenvalue weighted by Gasteiger charge is 2.33. The van der Waals surface area contributed by atoms with Crippen molar-refractivity contribution in [3.63, 3.8) is 0 Å². The molecule has 88 valence electrons. The molecule has 2 heteroatoms. The van der Waals surface area contributed by atoms with Gasteiger partial charge in [0, 0.05) is 18.6 Å². The molecule has 1 aliphatic carbocycles. The number of hydrogen-bond acceptors (Lipinski definition) is 2. The maximum Gasteiger partial charge on any atom is 0.0471 e. The Morgan fingerprint density at radius 3 is 2.25 bits per heavy atom. The third-order valence-corrected chi connectivity index (χ3v) is 3.92. The van der Waals surface area contributed by atoms with Crippen LogP contribution in [0.25, 0.3) is 0 Å². The van der Waals surface area contributed by atoms with Gasteiger partial charge in [-0.15, -0.1) is 0 Å². The number of benzene rings is 1. The molecular weight excluding hydrogens is 198 g/mol. The highest BCUT2D eigenvalue weighted by Crippen LogP contribution is 2.40. The van der Waals surface area contributed by atoms with Crippen LogP contribution in [0.15, 0.2) is 24.3 Å². The van der Waals surface area contributed by atoms with E-state index in [1.807, 2.05) is 0 Å². The summed E-state index contributed by atoms with van der Waals surface area (Å²) < 4.78 is 0. The summed E-state index contributed by atoms with van der Waals surface area (Å²) in [5.74, 6) is 0. The van der Waals surface area contributed by atoms with Gasteiger partial charge in [0.25, 0.3) is 0 Å². The van der Waals surface area contributed by atoms with E-state index in [1.54, 1.807) is 0 Å². The summed E-state index contributed by atoms with van der Waals surface area (Å²) in [4.78, 5) is 0. The standard InChI is InChI=1S/C14H21NO/c15-11-14(8-1-2-9-14)13-5-3-12(4-6-13)7-10-16/h3-6,16H,1-2,7-11,15H2. The first-order valence-corrected chi connectivity index (χ1v) is 6.21. The molecule has 2 rings (SSSR count). The van der Waals surface area contributed by atoms with Crippen LogP contribution in [0.3, 0.4) is 0 Å². The molecule has 0 aromatic heterocycles. The fourth-order valence-electron chi connectivity index (χ4n) is 2.82. The highest BCUT2D eigenvalue weighted by atomic mass is 16.2. The molecule has 16 heavy (non-hydrogen) atoms. The maximum atomic E-state index is 8.88. The van der Waals surface area contributed by atoms with Gasteiger partial charge in [-0.25, -0.2) is 0 Å². The summed E-state index contributed by atoms with van der Waals surface area (Å²) in [5, 5.41) is 8.88. The Morgan fingerprint density at radius 1 is 1.12 bits per heavy atom. The number of nitrogens with two attached hydrogens (primary N) is 1. The molecule has 0 unspecified atom stereocenters. The van der Waals surface area contributed by atoms with E-state index < -0.39 is 0 Å². The van der Waals surface area contributed by atoms with Crippen molar-refractivity contribution in [1.82, 2.24) is 0 Å². The van der Waals surface area contributed by atoms with Crippen LogP contribution in [-0.4, -0.2) is 18.3 Å². The Hall–Kier alpha value is -0.860. The van der Waals surface area contributed by atoms with Gasteiger partial charge in [0.15, 0.2) is 0 Å². The topological polar surface area (TPSA) is 46.2 Å². The first-order valence-electron chi connectivity index (χ1n) is 6.21. The summed E-state index contributed by atoms with van der Waals surface area (Å²) in [6.45, 7) is 0.980. The lowest BCUT2D eigenvalue weighted by molar-refractivity contribution is 0.299. The van der Waals surface area contributed by atoms with Gasteiger partial charge in [-0.2, -0.15) is 0 Å². The van der Waals surface area contributed by atoms with Gasteiger partial charge in [0.2, 0.25) is 0 Å². The lowest BCUT2D eigenvalue weighted by Gasteiger charge is -2.28. The third kappa shape index (κ3) is 2.13. The summed E-state index contributed by atoms with van der Waals surface area (Å²) in [6.07, 6.45) is 5.80.